The average molecular weight is 441 g/mol. The van der Waals surface area contributed by atoms with E-state index in [-0.39, 0.29) is 28.1 Å². The van der Waals surface area contributed by atoms with E-state index in [1.807, 2.05) is 0 Å². The molecule has 2 aromatic heterocycles. The number of nitrogens with two attached hydrogens (primary N) is 1. The highest BCUT2D eigenvalue weighted by molar-refractivity contribution is 7.89. The van der Waals surface area contributed by atoms with Gasteiger partial charge in [0.15, 0.2) is 0 Å². The third-order valence-electron chi connectivity index (χ3n) is 3.72. The molecule has 0 aliphatic carbocycles. The summed E-state index contributed by atoms with van der Waals surface area (Å²) >= 11 is 6.18. The van der Waals surface area contributed by atoms with E-state index in [0.29, 0.717) is 11.3 Å². The van der Waals surface area contributed by atoms with Crippen molar-refractivity contribution in [1.29, 1.82) is 0 Å². The third kappa shape index (κ3) is 5.26. The maximum absolute atomic E-state index is 14.2. The predicted molar refractivity (Wildman–Crippen MR) is 106 cm³/mol. The van der Waals surface area contributed by atoms with Gasteiger partial charge in [-0.1, -0.05) is 11.6 Å². The molecule has 0 amide bonds. The maximum atomic E-state index is 14.2. The summed E-state index contributed by atoms with van der Waals surface area (Å²) in [4.78, 5) is 7.94. The molecule has 3 rings (SSSR count). The molecule has 12 heteroatoms. The van der Waals surface area contributed by atoms with Crippen LogP contribution in [-0.2, 0) is 16.6 Å². The van der Waals surface area contributed by atoms with Crippen LogP contribution >= 0.6 is 11.6 Å². The Balaban J connectivity index is 1.88. The van der Waals surface area contributed by atoms with Gasteiger partial charge in [-0.25, -0.2) is 27.9 Å². The van der Waals surface area contributed by atoms with Gasteiger partial charge >= 0.3 is 0 Å². The summed E-state index contributed by atoms with van der Waals surface area (Å²) < 4.78 is 38.4. The molecule has 0 aliphatic rings. The topological polar surface area (TPSA) is 136 Å². The molecule has 0 aliphatic heterocycles. The van der Waals surface area contributed by atoms with Crippen LogP contribution in [0.25, 0.3) is 11.3 Å². The lowest BCUT2D eigenvalue weighted by Gasteiger charge is -2.16. The molecule has 0 saturated heterocycles. The van der Waals surface area contributed by atoms with Crippen LogP contribution in [0.4, 0.5) is 16.0 Å². The molecule has 0 unspecified atom stereocenters. The molecule has 2 heterocycles. The van der Waals surface area contributed by atoms with Crippen LogP contribution in [0.15, 0.2) is 41.7 Å². The SMILES string of the molecule is CC(C)(O)Cn1cc(-c2nc(Nc3ccc(S(N)(=O)=O)cc3F)ncc2Cl)cn1. The van der Waals surface area contributed by atoms with Crippen LogP contribution in [0.1, 0.15) is 13.8 Å². The van der Waals surface area contributed by atoms with Gasteiger partial charge in [0, 0.05) is 11.8 Å². The molecule has 0 spiro atoms. The van der Waals surface area contributed by atoms with E-state index < -0.39 is 21.4 Å². The van der Waals surface area contributed by atoms with Gasteiger partial charge in [-0.05, 0) is 32.0 Å². The van der Waals surface area contributed by atoms with Crippen LogP contribution in [0.5, 0.6) is 0 Å². The van der Waals surface area contributed by atoms with Crippen LogP contribution in [-0.4, -0.2) is 38.9 Å². The molecule has 0 bridgehead atoms. The third-order valence-corrected chi connectivity index (χ3v) is 4.90. The van der Waals surface area contributed by atoms with Gasteiger partial charge in [0.2, 0.25) is 16.0 Å². The van der Waals surface area contributed by atoms with Crippen molar-refractivity contribution in [2.75, 3.05) is 5.32 Å². The Bertz CT molecular complexity index is 1160. The molecule has 3 aromatic rings. The first-order valence-corrected chi connectivity index (χ1v) is 10.2. The minimum atomic E-state index is -4.02. The maximum Gasteiger partial charge on any atom is 0.238 e. The highest BCUT2D eigenvalue weighted by Gasteiger charge is 2.17. The van der Waals surface area contributed by atoms with Crippen molar-refractivity contribution in [2.24, 2.45) is 5.14 Å². The fourth-order valence-electron chi connectivity index (χ4n) is 2.49. The number of hydrogen-bond donors (Lipinski definition) is 3. The second kappa shape index (κ2) is 7.67. The Morgan fingerprint density at radius 2 is 2.07 bits per heavy atom. The van der Waals surface area contributed by atoms with Crippen molar-refractivity contribution in [3.63, 3.8) is 0 Å². The van der Waals surface area contributed by atoms with Crippen molar-refractivity contribution in [3.05, 3.63) is 47.6 Å². The van der Waals surface area contributed by atoms with Crippen molar-refractivity contribution >= 4 is 33.3 Å². The Morgan fingerprint density at radius 1 is 1.34 bits per heavy atom. The number of hydrogen-bond acceptors (Lipinski definition) is 7. The molecule has 9 nitrogen and oxygen atoms in total. The number of sulfonamides is 1. The summed E-state index contributed by atoms with van der Waals surface area (Å²) in [6.07, 6.45) is 4.54. The smallest absolute Gasteiger partial charge is 0.238 e. The van der Waals surface area contributed by atoms with Crippen molar-refractivity contribution < 1.29 is 17.9 Å². The lowest BCUT2D eigenvalue weighted by molar-refractivity contribution is 0.0577. The quantitative estimate of drug-likeness (QED) is 0.534. The highest BCUT2D eigenvalue weighted by Crippen LogP contribution is 2.28. The zero-order valence-electron chi connectivity index (χ0n) is 15.5. The van der Waals surface area contributed by atoms with Crippen molar-refractivity contribution in [1.82, 2.24) is 19.7 Å². The Morgan fingerprint density at radius 3 is 2.69 bits per heavy atom. The van der Waals surface area contributed by atoms with E-state index >= 15 is 0 Å². The van der Waals surface area contributed by atoms with E-state index in [1.54, 1.807) is 24.7 Å². The summed E-state index contributed by atoms with van der Waals surface area (Å²) in [7, 11) is -4.02. The van der Waals surface area contributed by atoms with Gasteiger partial charge in [0.05, 0.1) is 45.8 Å². The molecular formula is C17H18ClFN6O3S. The number of halogens is 2. The van der Waals surface area contributed by atoms with Crippen molar-refractivity contribution in [2.45, 2.75) is 30.9 Å². The van der Waals surface area contributed by atoms with E-state index in [2.05, 4.69) is 20.4 Å². The van der Waals surface area contributed by atoms with E-state index in [1.165, 1.54) is 18.5 Å². The zero-order chi connectivity index (χ0) is 21.4. The molecule has 0 radical (unpaired) electrons. The fraction of sp³-hybridized carbons (Fsp3) is 0.235. The van der Waals surface area contributed by atoms with Gasteiger partial charge in [-0.3, -0.25) is 4.68 Å². The van der Waals surface area contributed by atoms with Gasteiger partial charge in [-0.2, -0.15) is 5.10 Å². The summed E-state index contributed by atoms with van der Waals surface area (Å²) in [6.45, 7) is 3.58. The van der Waals surface area contributed by atoms with Gasteiger partial charge < -0.3 is 10.4 Å². The number of anilines is 2. The first-order valence-electron chi connectivity index (χ1n) is 8.29. The van der Waals surface area contributed by atoms with Crippen LogP contribution < -0.4 is 10.5 Å². The highest BCUT2D eigenvalue weighted by atomic mass is 35.5. The Labute approximate surface area is 171 Å². The lowest BCUT2D eigenvalue weighted by atomic mass is 10.1. The van der Waals surface area contributed by atoms with Gasteiger partial charge in [-0.15, -0.1) is 0 Å². The molecular weight excluding hydrogens is 423 g/mol. The first-order chi connectivity index (χ1) is 13.4. The number of nitrogens with one attached hydrogen (secondary N) is 1. The lowest BCUT2D eigenvalue weighted by Crippen LogP contribution is -2.26. The van der Waals surface area contributed by atoms with Gasteiger partial charge in [0.1, 0.15) is 5.82 Å². The normalized spacial score (nSPS) is 12.2. The van der Waals surface area contributed by atoms with Crippen LogP contribution in [0, 0.1) is 5.82 Å². The van der Waals surface area contributed by atoms with E-state index in [0.717, 1.165) is 12.1 Å². The van der Waals surface area contributed by atoms with E-state index in [4.69, 9.17) is 16.7 Å². The standard InChI is InChI=1S/C17H18ClFN6O3S/c1-17(2,26)9-25-8-10(6-22-25)15-12(18)7-21-16(24-15)23-14-4-3-11(5-13(14)19)29(20,27)28/h3-8,26H,9H2,1-2H3,(H2,20,27,28)(H,21,23,24). The molecule has 1 aromatic carbocycles. The first kappa shape index (κ1) is 21.1. The fourth-order valence-corrected chi connectivity index (χ4v) is 3.22. The number of aromatic nitrogens is 4. The minimum Gasteiger partial charge on any atom is -0.389 e. The predicted octanol–water partition coefficient (Wildman–Crippen LogP) is 2.29. The summed E-state index contributed by atoms with van der Waals surface area (Å²) in [5, 5.41) is 22.0. The Hall–Kier alpha value is -2.60. The molecule has 0 atom stereocenters. The molecule has 154 valence electrons. The second-order valence-corrected chi connectivity index (χ2v) is 8.91. The van der Waals surface area contributed by atoms with Crippen LogP contribution in [0.2, 0.25) is 5.02 Å². The summed E-state index contributed by atoms with van der Waals surface area (Å²) in [5.41, 5.74) is -0.0579. The number of rotatable bonds is 6. The number of aliphatic hydroxyl groups is 1. The molecule has 0 saturated carbocycles. The van der Waals surface area contributed by atoms with Crippen molar-refractivity contribution in [3.8, 4) is 11.3 Å². The largest absolute Gasteiger partial charge is 0.389 e. The molecule has 29 heavy (non-hydrogen) atoms. The number of benzene rings is 1. The minimum absolute atomic E-state index is 0.0385. The molecule has 0 fully saturated rings. The summed E-state index contributed by atoms with van der Waals surface area (Å²) in [5.74, 6) is -0.795. The number of primary sulfonamides is 1. The monoisotopic (exact) mass is 440 g/mol. The summed E-state index contributed by atoms with van der Waals surface area (Å²) in [6, 6.07) is 3.18. The molecule has 4 N–H and O–H groups in total. The van der Waals surface area contributed by atoms with E-state index in [9.17, 15) is 17.9 Å². The second-order valence-electron chi connectivity index (χ2n) is 6.94. The Kier molecular flexibility index (Phi) is 5.59. The average Bonchev–Trinajstić information content (AvgIpc) is 3.03. The van der Waals surface area contributed by atoms with Crippen LogP contribution in [0.3, 0.4) is 0 Å². The van der Waals surface area contributed by atoms with Gasteiger partial charge in [0.25, 0.3) is 0 Å². The zero-order valence-corrected chi connectivity index (χ0v) is 17.0. The number of nitrogens with zero attached hydrogens (tertiary/aromatic N) is 4.